The van der Waals surface area contributed by atoms with Crippen molar-refractivity contribution in [2.45, 2.75) is 25.4 Å². The normalized spacial score (nSPS) is 13.1. The van der Waals surface area contributed by atoms with E-state index >= 15 is 0 Å². The zero-order chi connectivity index (χ0) is 25.7. The molecule has 0 spiro atoms. The molecule has 1 fully saturated rings. The van der Waals surface area contributed by atoms with Gasteiger partial charge in [-0.05, 0) is 37.1 Å². The van der Waals surface area contributed by atoms with Crippen LogP contribution < -0.4 is 5.73 Å². The Hall–Kier alpha value is -4.42. The van der Waals surface area contributed by atoms with Gasteiger partial charge in [-0.2, -0.15) is 10.2 Å². The molecule has 9 nitrogen and oxygen atoms in total. The van der Waals surface area contributed by atoms with Crippen molar-refractivity contribution in [3.63, 3.8) is 0 Å². The Morgan fingerprint density at radius 3 is 2.62 bits per heavy atom. The standard InChI is InChI=1S/C27H23ClN8O/c1-34-14-17(12-31-34)4-3-16-5-6-18(30-11-16)15-36(19-7-8-19)27(37)20-9-21-24(10-23(20)28)33-26(29)22-13-32-35(2)25(21)22/h5-6,9-14,19H,7-8,15H2,1-2H3,(H2,29,33). The van der Waals surface area contributed by atoms with E-state index in [2.05, 4.69) is 32.0 Å². The molecule has 0 atom stereocenters. The smallest absolute Gasteiger partial charge is 0.255 e. The van der Waals surface area contributed by atoms with Crippen LogP contribution in [0.3, 0.4) is 0 Å². The number of pyridine rings is 2. The fourth-order valence-electron chi connectivity index (χ4n) is 4.45. The highest BCUT2D eigenvalue weighted by Gasteiger charge is 2.34. The first-order chi connectivity index (χ1) is 17.9. The first-order valence-electron chi connectivity index (χ1n) is 11.8. The van der Waals surface area contributed by atoms with E-state index in [1.165, 1.54) is 0 Å². The van der Waals surface area contributed by atoms with E-state index < -0.39 is 0 Å². The van der Waals surface area contributed by atoms with Crippen molar-refractivity contribution in [3.05, 3.63) is 76.5 Å². The molecule has 4 heterocycles. The van der Waals surface area contributed by atoms with Crippen LogP contribution in [0.1, 0.15) is 40.0 Å². The number of nitrogens with two attached hydrogens (primary N) is 1. The summed E-state index contributed by atoms with van der Waals surface area (Å²) in [4.78, 5) is 24.7. The van der Waals surface area contributed by atoms with Crippen LogP contribution in [0.4, 0.5) is 5.82 Å². The van der Waals surface area contributed by atoms with Gasteiger partial charge >= 0.3 is 0 Å². The average Bonchev–Trinajstić information content (AvgIpc) is 3.52. The number of aromatic nitrogens is 6. The predicted octanol–water partition coefficient (Wildman–Crippen LogP) is 3.69. The van der Waals surface area contributed by atoms with Gasteiger partial charge in [0, 0.05) is 43.5 Å². The van der Waals surface area contributed by atoms with Gasteiger partial charge in [-0.1, -0.05) is 23.4 Å². The van der Waals surface area contributed by atoms with Crippen LogP contribution in [0.15, 0.2) is 49.1 Å². The maximum absolute atomic E-state index is 13.8. The van der Waals surface area contributed by atoms with E-state index in [9.17, 15) is 4.79 Å². The summed E-state index contributed by atoms with van der Waals surface area (Å²) >= 11 is 6.61. The molecule has 0 bridgehead atoms. The molecule has 1 aliphatic carbocycles. The number of halogens is 1. The largest absolute Gasteiger partial charge is 0.383 e. The third-order valence-corrected chi connectivity index (χ3v) is 6.80. The van der Waals surface area contributed by atoms with E-state index in [-0.39, 0.29) is 11.9 Å². The van der Waals surface area contributed by atoms with Gasteiger partial charge in [0.1, 0.15) is 5.82 Å². The number of hydrogen-bond donors (Lipinski definition) is 1. The van der Waals surface area contributed by atoms with Crippen molar-refractivity contribution in [1.29, 1.82) is 0 Å². The third-order valence-electron chi connectivity index (χ3n) is 6.49. The summed E-state index contributed by atoms with van der Waals surface area (Å²) in [5, 5.41) is 10.3. The highest BCUT2D eigenvalue weighted by molar-refractivity contribution is 6.35. The Kier molecular flexibility index (Phi) is 5.54. The minimum absolute atomic E-state index is 0.135. The zero-order valence-corrected chi connectivity index (χ0v) is 21.1. The molecule has 1 aromatic carbocycles. The summed E-state index contributed by atoms with van der Waals surface area (Å²) in [7, 11) is 3.69. The van der Waals surface area contributed by atoms with Crippen LogP contribution in [-0.4, -0.2) is 46.4 Å². The Labute approximate surface area is 217 Å². The van der Waals surface area contributed by atoms with E-state index in [4.69, 9.17) is 17.3 Å². The number of nitrogens with zero attached hydrogens (tertiary/aromatic N) is 7. The molecule has 4 aromatic heterocycles. The van der Waals surface area contributed by atoms with E-state index in [1.807, 2.05) is 37.3 Å². The van der Waals surface area contributed by atoms with Crippen molar-refractivity contribution < 1.29 is 4.79 Å². The highest BCUT2D eigenvalue weighted by atomic mass is 35.5. The monoisotopic (exact) mass is 510 g/mol. The fraction of sp³-hybridized carbons (Fsp3) is 0.222. The molecule has 10 heteroatoms. The number of fused-ring (bicyclic) bond motifs is 3. The molecule has 0 aliphatic heterocycles. The molecule has 37 heavy (non-hydrogen) atoms. The first kappa shape index (κ1) is 23.0. The lowest BCUT2D eigenvalue weighted by atomic mass is 10.1. The van der Waals surface area contributed by atoms with Gasteiger partial charge in [-0.25, -0.2) is 4.98 Å². The number of aryl methyl sites for hydroxylation is 2. The van der Waals surface area contributed by atoms with Gasteiger partial charge in [0.05, 0.1) is 57.2 Å². The van der Waals surface area contributed by atoms with Gasteiger partial charge in [0.25, 0.3) is 5.91 Å². The summed E-state index contributed by atoms with van der Waals surface area (Å²) in [5.74, 6) is 6.42. The lowest BCUT2D eigenvalue weighted by Gasteiger charge is -2.23. The molecule has 1 saturated carbocycles. The van der Waals surface area contributed by atoms with Crippen molar-refractivity contribution in [1.82, 2.24) is 34.4 Å². The van der Waals surface area contributed by atoms with Crippen LogP contribution in [0.5, 0.6) is 0 Å². The van der Waals surface area contributed by atoms with Crippen LogP contribution in [-0.2, 0) is 20.6 Å². The fourth-order valence-corrected chi connectivity index (χ4v) is 4.69. The topological polar surface area (TPSA) is 108 Å². The molecule has 0 saturated heterocycles. The lowest BCUT2D eigenvalue weighted by Crippen LogP contribution is -2.33. The predicted molar refractivity (Wildman–Crippen MR) is 142 cm³/mol. The number of amides is 1. The third kappa shape index (κ3) is 4.36. The van der Waals surface area contributed by atoms with Crippen molar-refractivity contribution in [2.75, 3.05) is 5.73 Å². The summed E-state index contributed by atoms with van der Waals surface area (Å²) < 4.78 is 3.45. The van der Waals surface area contributed by atoms with Gasteiger partial charge in [0.15, 0.2) is 0 Å². The van der Waals surface area contributed by atoms with Crippen LogP contribution in [0.25, 0.3) is 21.8 Å². The van der Waals surface area contributed by atoms with Crippen molar-refractivity contribution >= 4 is 45.1 Å². The van der Waals surface area contributed by atoms with Gasteiger partial charge in [-0.15, -0.1) is 0 Å². The molecule has 6 rings (SSSR count). The molecule has 0 radical (unpaired) electrons. The second kappa shape index (κ2) is 8.91. The summed E-state index contributed by atoms with van der Waals surface area (Å²) in [6, 6.07) is 7.48. The summed E-state index contributed by atoms with van der Waals surface area (Å²) in [6.45, 7) is 0.384. The lowest BCUT2D eigenvalue weighted by molar-refractivity contribution is 0.0728. The average molecular weight is 511 g/mol. The Bertz CT molecular complexity index is 1740. The van der Waals surface area contributed by atoms with Gasteiger partial charge < -0.3 is 10.6 Å². The maximum atomic E-state index is 13.8. The second-order valence-corrected chi connectivity index (χ2v) is 9.64. The maximum Gasteiger partial charge on any atom is 0.255 e. The summed E-state index contributed by atoms with van der Waals surface area (Å²) in [6.07, 6.45) is 8.89. The van der Waals surface area contributed by atoms with Crippen molar-refractivity contribution in [2.24, 2.45) is 14.1 Å². The quantitative estimate of drug-likeness (QED) is 0.369. The number of rotatable bonds is 4. The number of carbonyl (C=O) groups excluding carboxylic acids is 1. The summed E-state index contributed by atoms with van der Waals surface area (Å²) in [5.41, 5.74) is 10.4. The van der Waals surface area contributed by atoms with Gasteiger partial charge in [-0.3, -0.25) is 19.1 Å². The molecular formula is C27H23ClN8O. The molecule has 1 amide bonds. The van der Waals surface area contributed by atoms with Crippen LogP contribution >= 0.6 is 11.6 Å². The van der Waals surface area contributed by atoms with E-state index in [0.717, 1.165) is 46.0 Å². The van der Waals surface area contributed by atoms with E-state index in [1.54, 1.807) is 40.1 Å². The minimum atomic E-state index is -0.135. The molecule has 2 N–H and O–H groups in total. The zero-order valence-electron chi connectivity index (χ0n) is 20.3. The van der Waals surface area contributed by atoms with Crippen molar-refractivity contribution in [3.8, 4) is 11.8 Å². The highest BCUT2D eigenvalue weighted by Crippen LogP contribution is 2.34. The Morgan fingerprint density at radius 2 is 1.92 bits per heavy atom. The van der Waals surface area contributed by atoms with Crippen LogP contribution in [0, 0.1) is 11.8 Å². The number of hydrogen-bond acceptors (Lipinski definition) is 6. The SMILES string of the molecule is Cn1cc(C#Cc2ccc(CN(C(=O)c3cc4c(cc3Cl)nc(N)c3cnn(C)c34)C3CC3)nc2)cn1. The molecule has 0 unspecified atom stereocenters. The second-order valence-electron chi connectivity index (χ2n) is 9.23. The molecule has 5 aromatic rings. The van der Waals surface area contributed by atoms with Gasteiger partial charge in [0.2, 0.25) is 0 Å². The van der Waals surface area contributed by atoms with E-state index in [0.29, 0.717) is 28.5 Å². The first-order valence-corrected chi connectivity index (χ1v) is 12.2. The number of carbonyl (C=O) groups is 1. The number of nitrogen functional groups attached to an aromatic ring is 1. The van der Waals surface area contributed by atoms with Crippen LogP contribution in [0.2, 0.25) is 5.02 Å². The molecule has 184 valence electrons. The Balaban J connectivity index is 1.29. The molecular weight excluding hydrogens is 488 g/mol. The molecule has 1 aliphatic rings. The number of benzene rings is 1. The minimum Gasteiger partial charge on any atom is -0.383 e. The Morgan fingerprint density at radius 1 is 1.11 bits per heavy atom. The number of anilines is 1.